The fourth-order valence-corrected chi connectivity index (χ4v) is 2.77. The molecule has 1 aliphatic heterocycles. The van der Waals surface area contributed by atoms with E-state index in [0.717, 1.165) is 45.1 Å². The molecule has 1 aliphatic carbocycles. The van der Waals surface area contributed by atoms with E-state index < -0.39 is 5.60 Å². The predicted octanol–water partition coefficient (Wildman–Crippen LogP) is 2.60. The number of allylic oxidation sites excluding steroid dienone is 1. The largest absolute Gasteiger partial charge is 0.497 e. The summed E-state index contributed by atoms with van der Waals surface area (Å²) in [5, 5.41) is 13.9. The van der Waals surface area contributed by atoms with Gasteiger partial charge in [0.05, 0.1) is 11.9 Å². The van der Waals surface area contributed by atoms with E-state index in [1.165, 1.54) is 0 Å². The Kier molecular flexibility index (Phi) is 4.33. The van der Waals surface area contributed by atoms with Crippen LogP contribution in [-0.4, -0.2) is 29.9 Å². The smallest absolute Gasteiger partial charge is 0.110 e. The molecular formula is C15H27NO2. The molecule has 1 fully saturated rings. The van der Waals surface area contributed by atoms with E-state index in [2.05, 4.69) is 25.2 Å². The molecule has 18 heavy (non-hydrogen) atoms. The second kappa shape index (κ2) is 5.62. The fourth-order valence-electron chi connectivity index (χ4n) is 2.77. The molecule has 2 rings (SSSR count). The standard InChI is InChI=1S/C15H27NO2/c1-14(2)6-8-15(17,9-7-14)12-16-11-13-5-3-4-10-18-13/h4,10,13,16-17H,3,5-9,11-12H2,1-2H3. The van der Waals surface area contributed by atoms with Gasteiger partial charge in [-0.25, -0.2) is 0 Å². The van der Waals surface area contributed by atoms with Crippen LogP contribution in [0.25, 0.3) is 0 Å². The monoisotopic (exact) mass is 253 g/mol. The molecule has 104 valence electrons. The highest BCUT2D eigenvalue weighted by Gasteiger charge is 2.36. The molecule has 0 amide bonds. The molecule has 2 N–H and O–H groups in total. The molecule has 1 unspecified atom stereocenters. The fraction of sp³-hybridized carbons (Fsp3) is 0.867. The summed E-state index contributed by atoms with van der Waals surface area (Å²) >= 11 is 0. The van der Waals surface area contributed by atoms with Crippen LogP contribution in [0.3, 0.4) is 0 Å². The Balaban J connectivity index is 1.68. The zero-order chi connectivity index (χ0) is 13.1. The normalized spacial score (nSPS) is 29.8. The van der Waals surface area contributed by atoms with Gasteiger partial charge in [-0.05, 0) is 50.0 Å². The van der Waals surface area contributed by atoms with Gasteiger partial charge in [0.15, 0.2) is 0 Å². The predicted molar refractivity (Wildman–Crippen MR) is 73.3 cm³/mol. The molecule has 1 saturated carbocycles. The molecule has 3 heteroatoms. The summed E-state index contributed by atoms with van der Waals surface area (Å²) in [5.74, 6) is 0. The van der Waals surface area contributed by atoms with Crippen molar-refractivity contribution in [1.82, 2.24) is 5.32 Å². The maximum absolute atomic E-state index is 10.5. The second-order valence-corrected chi connectivity index (χ2v) is 6.73. The van der Waals surface area contributed by atoms with Crippen molar-refractivity contribution in [2.24, 2.45) is 5.41 Å². The van der Waals surface area contributed by atoms with E-state index in [4.69, 9.17) is 4.74 Å². The Labute approximate surface area is 111 Å². The van der Waals surface area contributed by atoms with Crippen LogP contribution in [0.15, 0.2) is 12.3 Å². The molecule has 0 spiro atoms. The highest BCUT2D eigenvalue weighted by molar-refractivity contribution is 4.91. The van der Waals surface area contributed by atoms with E-state index in [9.17, 15) is 5.11 Å². The molecule has 0 saturated heterocycles. The number of ether oxygens (including phenoxy) is 1. The van der Waals surface area contributed by atoms with Gasteiger partial charge in [-0.3, -0.25) is 0 Å². The third-order valence-electron chi connectivity index (χ3n) is 4.38. The second-order valence-electron chi connectivity index (χ2n) is 6.73. The molecule has 2 aliphatic rings. The van der Waals surface area contributed by atoms with Crippen molar-refractivity contribution in [3.63, 3.8) is 0 Å². The van der Waals surface area contributed by atoms with Crippen molar-refractivity contribution in [2.75, 3.05) is 13.1 Å². The molecule has 0 aromatic heterocycles. The quantitative estimate of drug-likeness (QED) is 0.809. The van der Waals surface area contributed by atoms with Gasteiger partial charge in [0.25, 0.3) is 0 Å². The average molecular weight is 253 g/mol. The Hall–Kier alpha value is -0.540. The zero-order valence-corrected chi connectivity index (χ0v) is 11.7. The lowest BCUT2D eigenvalue weighted by Crippen LogP contribution is -2.46. The van der Waals surface area contributed by atoms with Gasteiger partial charge in [0.2, 0.25) is 0 Å². The molecule has 0 radical (unpaired) electrons. The zero-order valence-electron chi connectivity index (χ0n) is 11.7. The summed E-state index contributed by atoms with van der Waals surface area (Å²) < 4.78 is 5.51. The van der Waals surface area contributed by atoms with Gasteiger partial charge in [0.1, 0.15) is 6.10 Å². The SMILES string of the molecule is CC1(C)CCC(O)(CNCC2CCC=CO2)CC1. The lowest BCUT2D eigenvalue weighted by Gasteiger charge is -2.40. The minimum Gasteiger partial charge on any atom is -0.497 e. The topological polar surface area (TPSA) is 41.5 Å². The van der Waals surface area contributed by atoms with Gasteiger partial charge in [-0.2, -0.15) is 0 Å². The van der Waals surface area contributed by atoms with Gasteiger partial charge in [-0.1, -0.05) is 13.8 Å². The van der Waals surface area contributed by atoms with Crippen LogP contribution < -0.4 is 5.32 Å². The molecule has 0 aromatic rings. The number of aliphatic hydroxyl groups is 1. The van der Waals surface area contributed by atoms with Crippen LogP contribution in [0.1, 0.15) is 52.4 Å². The third-order valence-corrected chi connectivity index (χ3v) is 4.38. The van der Waals surface area contributed by atoms with Crippen molar-refractivity contribution < 1.29 is 9.84 Å². The lowest BCUT2D eigenvalue weighted by atomic mass is 9.71. The first kappa shape index (κ1) is 13.9. The van der Waals surface area contributed by atoms with Gasteiger partial charge in [-0.15, -0.1) is 0 Å². The summed E-state index contributed by atoms with van der Waals surface area (Å²) in [6, 6.07) is 0. The molecule has 0 bridgehead atoms. The first-order valence-corrected chi connectivity index (χ1v) is 7.23. The van der Waals surface area contributed by atoms with Crippen LogP contribution >= 0.6 is 0 Å². The van der Waals surface area contributed by atoms with Crippen LogP contribution in [0.2, 0.25) is 0 Å². The summed E-state index contributed by atoms with van der Waals surface area (Å²) in [7, 11) is 0. The first-order valence-electron chi connectivity index (χ1n) is 7.23. The number of hydrogen-bond donors (Lipinski definition) is 2. The van der Waals surface area contributed by atoms with Crippen molar-refractivity contribution in [3.8, 4) is 0 Å². The minimum absolute atomic E-state index is 0.277. The Bertz CT molecular complexity index is 289. The van der Waals surface area contributed by atoms with Crippen molar-refractivity contribution in [2.45, 2.75) is 64.1 Å². The van der Waals surface area contributed by atoms with Gasteiger partial charge >= 0.3 is 0 Å². The van der Waals surface area contributed by atoms with Crippen LogP contribution in [0.4, 0.5) is 0 Å². The Morgan fingerprint density at radius 2 is 2.00 bits per heavy atom. The summed E-state index contributed by atoms with van der Waals surface area (Å²) in [5.41, 5.74) is -0.0937. The number of nitrogens with one attached hydrogen (secondary N) is 1. The Morgan fingerprint density at radius 3 is 2.61 bits per heavy atom. The average Bonchev–Trinajstić information content (AvgIpc) is 2.35. The van der Waals surface area contributed by atoms with Crippen molar-refractivity contribution in [1.29, 1.82) is 0 Å². The highest BCUT2D eigenvalue weighted by Crippen LogP contribution is 2.39. The van der Waals surface area contributed by atoms with E-state index in [1.54, 1.807) is 6.26 Å². The number of hydrogen-bond acceptors (Lipinski definition) is 3. The summed E-state index contributed by atoms with van der Waals surface area (Å²) in [6.07, 6.45) is 10.4. The van der Waals surface area contributed by atoms with Crippen LogP contribution in [-0.2, 0) is 4.74 Å². The van der Waals surface area contributed by atoms with Crippen molar-refractivity contribution in [3.05, 3.63) is 12.3 Å². The van der Waals surface area contributed by atoms with Gasteiger partial charge < -0.3 is 15.2 Å². The molecule has 1 atom stereocenters. The van der Waals surface area contributed by atoms with Gasteiger partial charge in [0, 0.05) is 13.1 Å². The molecule has 1 heterocycles. The van der Waals surface area contributed by atoms with Crippen LogP contribution in [0.5, 0.6) is 0 Å². The maximum Gasteiger partial charge on any atom is 0.110 e. The van der Waals surface area contributed by atoms with E-state index >= 15 is 0 Å². The van der Waals surface area contributed by atoms with E-state index in [1.807, 2.05) is 0 Å². The molecular weight excluding hydrogens is 226 g/mol. The summed E-state index contributed by atoms with van der Waals surface area (Å²) in [4.78, 5) is 0. The minimum atomic E-state index is -0.500. The summed E-state index contributed by atoms with van der Waals surface area (Å²) in [6.45, 7) is 6.13. The lowest BCUT2D eigenvalue weighted by molar-refractivity contribution is -0.0262. The molecule has 3 nitrogen and oxygen atoms in total. The molecule has 0 aromatic carbocycles. The van der Waals surface area contributed by atoms with E-state index in [0.29, 0.717) is 12.0 Å². The number of rotatable bonds is 4. The van der Waals surface area contributed by atoms with Crippen LogP contribution in [0, 0.1) is 5.41 Å². The first-order chi connectivity index (χ1) is 8.49. The van der Waals surface area contributed by atoms with Crippen molar-refractivity contribution >= 4 is 0 Å². The highest BCUT2D eigenvalue weighted by atomic mass is 16.5. The Morgan fingerprint density at radius 1 is 1.28 bits per heavy atom. The maximum atomic E-state index is 10.5. The van der Waals surface area contributed by atoms with E-state index in [-0.39, 0.29) is 6.10 Å². The third kappa shape index (κ3) is 3.99.